The van der Waals surface area contributed by atoms with Crippen LogP contribution in [0.4, 0.5) is 5.69 Å². The van der Waals surface area contributed by atoms with E-state index in [1.165, 1.54) is 19.2 Å². The Morgan fingerprint density at radius 2 is 1.56 bits per heavy atom. The van der Waals surface area contributed by atoms with Gasteiger partial charge in [0.25, 0.3) is 10.0 Å². The molecule has 8 heteroatoms. The van der Waals surface area contributed by atoms with Gasteiger partial charge < -0.3 is 14.8 Å². The molecule has 0 radical (unpaired) electrons. The maximum Gasteiger partial charge on any atom is 0.264 e. The lowest BCUT2D eigenvalue weighted by atomic mass is 10.1. The standard InChI is InChI=1S/C26H30N2O5S/c1-3-33-24-17-9-7-12-21(24)13-11-19-27-26(29)20-28(23-16-8-10-18-25(23)32-2)34(30,31)22-14-5-4-6-15-22/h4-10,12,14-18H,3,11,13,19-20H2,1-2H3,(H,27,29). The third kappa shape index (κ3) is 6.29. The van der Waals surface area contributed by atoms with E-state index >= 15 is 0 Å². The number of benzene rings is 3. The largest absolute Gasteiger partial charge is 0.495 e. The minimum Gasteiger partial charge on any atom is -0.495 e. The minimum atomic E-state index is -3.99. The van der Waals surface area contributed by atoms with Gasteiger partial charge in [-0.3, -0.25) is 9.10 Å². The van der Waals surface area contributed by atoms with E-state index in [0.29, 0.717) is 31.0 Å². The molecule has 3 aromatic rings. The third-order valence-corrected chi connectivity index (χ3v) is 6.96. The molecule has 0 spiro atoms. The van der Waals surface area contributed by atoms with E-state index < -0.39 is 15.9 Å². The van der Waals surface area contributed by atoms with Crippen LogP contribution in [0.5, 0.6) is 11.5 Å². The van der Waals surface area contributed by atoms with Gasteiger partial charge in [-0.05, 0) is 55.7 Å². The van der Waals surface area contributed by atoms with E-state index in [0.717, 1.165) is 22.0 Å². The van der Waals surface area contributed by atoms with Crippen LogP contribution >= 0.6 is 0 Å². The van der Waals surface area contributed by atoms with E-state index in [2.05, 4.69) is 5.32 Å². The average molecular weight is 483 g/mol. The SMILES string of the molecule is CCOc1ccccc1CCCNC(=O)CN(c1ccccc1OC)S(=O)(=O)c1ccccc1. The first-order valence-corrected chi connectivity index (χ1v) is 12.6. The van der Waals surface area contributed by atoms with Crippen LogP contribution in [0, 0.1) is 0 Å². The summed E-state index contributed by atoms with van der Waals surface area (Å²) in [5, 5.41) is 2.84. The topological polar surface area (TPSA) is 84.9 Å². The first kappa shape index (κ1) is 25.1. The number of anilines is 1. The van der Waals surface area contributed by atoms with E-state index in [9.17, 15) is 13.2 Å². The predicted octanol–water partition coefficient (Wildman–Crippen LogP) is 4.04. The Morgan fingerprint density at radius 3 is 2.26 bits per heavy atom. The Kier molecular flexibility index (Phi) is 8.93. The van der Waals surface area contributed by atoms with Crippen molar-refractivity contribution in [2.75, 3.05) is 31.1 Å². The Balaban J connectivity index is 1.71. The Hall–Kier alpha value is -3.52. The summed E-state index contributed by atoms with van der Waals surface area (Å²) in [6.45, 7) is 2.56. The smallest absolute Gasteiger partial charge is 0.264 e. The van der Waals surface area contributed by atoms with Crippen molar-refractivity contribution in [3.63, 3.8) is 0 Å². The molecule has 3 rings (SSSR count). The number of para-hydroxylation sites is 3. The highest BCUT2D eigenvalue weighted by Crippen LogP contribution is 2.32. The number of sulfonamides is 1. The van der Waals surface area contributed by atoms with Crippen molar-refractivity contribution in [1.82, 2.24) is 5.32 Å². The van der Waals surface area contributed by atoms with Gasteiger partial charge >= 0.3 is 0 Å². The molecule has 3 aromatic carbocycles. The van der Waals surface area contributed by atoms with Crippen molar-refractivity contribution in [3.05, 3.63) is 84.4 Å². The van der Waals surface area contributed by atoms with Gasteiger partial charge in [0.1, 0.15) is 18.0 Å². The Morgan fingerprint density at radius 1 is 0.912 bits per heavy atom. The molecule has 0 saturated heterocycles. The summed E-state index contributed by atoms with van der Waals surface area (Å²) in [5.74, 6) is 0.804. The van der Waals surface area contributed by atoms with Gasteiger partial charge in [0.15, 0.2) is 0 Å². The number of methoxy groups -OCH3 is 1. The van der Waals surface area contributed by atoms with Crippen molar-refractivity contribution < 1.29 is 22.7 Å². The number of amides is 1. The molecule has 7 nitrogen and oxygen atoms in total. The molecule has 0 aliphatic carbocycles. The van der Waals surface area contributed by atoms with E-state index in [4.69, 9.17) is 9.47 Å². The molecule has 0 saturated carbocycles. The number of nitrogens with zero attached hydrogens (tertiary/aromatic N) is 1. The molecule has 0 aliphatic heterocycles. The van der Waals surface area contributed by atoms with Crippen LogP contribution < -0.4 is 19.1 Å². The van der Waals surface area contributed by atoms with Gasteiger partial charge in [0, 0.05) is 6.54 Å². The minimum absolute atomic E-state index is 0.0984. The summed E-state index contributed by atoms with van der Waals surface area (Å²) < 4.78 is 39.0. The van der Waals surface area contributed by atoms with Crippen molar-refractivity contribution >= 4 is 21.6 Å². The van der Waals surface area contributed by atoms with E-state index in [1.54, 1.807) is 42.5 Å². The summed E-state index contributed by atoms with van der Waals surface area (Å²) in [6.07, 6.45) is 1.42. The fraction of sp³-hybridized carbons (Fsp3) is 0.269. The lowest BCUT2D eigenvalue weighted by Gasteiger charge is -2.25. The fourth-order valence-electron chi connectivity index (χ4n) is 3.55. The van der Waals surface area contributed by atoms with Gasteiger partial charge in [0.05, 0.1) is 24.3 Å². The van der Waals surface area contributed by atoms with Gasteiger partial charge in [-0.2, -0.15) is 0 Å². The zero-order valence-corrected chi connectivity index (χ0v) is 20.3. The second-order valence-electron chi connectivity index (χ2n) is 7.49. The molecule has 1 N–H and O–H groups in total. The Labute approximate surface area is 201 Å². The van der Waals surface area contributed by atoms with Crippen molar-refractivity contribution in [3.8, 4) is 11.5 Å². The van der Waals surface area contributed by atoms with Gasteiger partial charge in [-0.15, -0.1) is 0 Å². The molecule has 0 heterocycles. The number of hydrogen-bond acceptors (Lipinski definition) is 5. The summed E-state index contributed by atoms with van der Waals surface area (Å²) in [4.78, 5) is 12.9. The molecule has 0 aromatic heterocycles. The summed E-state index contributed by atoms with van der Waals surface area (Å²) >= 11 is 0. The number of carbonyl (C=O) groups is 1. The second kappa shape index (κ2) is 12.1. The number of rotatable bonds is 12. The maximum absolute atomic E-state index is 13.4. The molecule has 1 amide bonds. The maximum atomic E-state index is 13.4. The second-order valence-corrected chi connectivity index (χ2v) is 9.35. The monoisotopic (exact) mass is 482 g/mol. The summed E-state index contributed by atoms with van der Waals surface area (Å²) in [5.41, 5.74) is 1.37. The Bertz CT molecular complexity index is 1180. The molecule has 0 aliphatic rings. The molecule has 0 fully saturated rings. The zero-order chi connectivity index (χ0) is 24.4. The van der Waals surface area contributed by atoms with Crippen LogP contribution in [0.2, 0.25) is 0 Å². The van der Waals surface area contributed by atoms with Crippen molar-refractivity contribution in [1.29, 1.82) is 0 Å². The lowest BCUT2D eigenvalue weighted by Crippen LogP contribution is -2.41. The highest BCUT2D eigenvalue weighted by atomic mass is 32.2. The van der Waals surface area contributed by atoms with Crippen molar-refractivity contribution in [2.45, 2.75) is 24.7 Å². The van der Waals surface area contributed by atoms with Crippen LogP contribution in [0.1, 0.15) is 18.9 Å². The van der Waals surface area contributed by atoms with Crippen LogP contribution in [-0.4, -0.2) is 41.1 Å². The molecular formula is C26H30N2O5S. The third-order valence-electron chi connectivity index (χ3n) is 5.19. The fourth-order valence-corrected chi connectivity index (χ4v) is 5.01. The summed E-state index contributed by atoms with van der Waals surface area (Å²) in [6, 6.07) is 22.6. The molecular weight excluding hydrogens is 452 g/mol. The van der Waals surface area contributed by atoms with Gasteiger partial charge in [-0.25, -0.2) is 8.42 Å². The van der Waals surface area contributed by atoms with E-state index in [1.807, 2.05) is 31.2 Å². The van der Waals surface area contributed by atoms with Crippen LogP contribution in [-0.2, 0) is 21.2 Å². The average Bonchev–Trinajstić information content (AvgIpc) is 2.86. The van der Waals surface area contributed by atoms with Crippen LogP contribution in [0.3, 0.4) is 0 Å². The first-order valence-electron chi connectivity index (χ1n) is 11.2. The lowest BCUT2D eigenvalue weighted by molar-refractivity contribution is -0.119. The number of nitrogens with one attached hydrogen (secondary N) is 1. The molecule has 0 bridgehead atoms. The van der Waals surface area contributed by atoms with Gasteiger partial charge in [0.2, 0.25) is 5.91 Å². The molecule has 180 valence electrons. The highest BCUT2D eigenvalue weighted by Gasteiger charge is 2.29. The van der Waals surface area contributed by atoms with Crippen LogP contribution in [0.25, 0.3) is 0 Å². The van der Waals surface area contributed by atoms with Crippen LogP contribution in [0.15, 0.2) is 83.8 Å². The first-order chi connectivity index (χ1) is 16.5. The molecule has 0 unspecified atom stereocenters. The quantitative estimate of drug-likeness (QED) is 0.394. The number of aryl methyl sites for hydroxylation is 1. The van der Waals surface area contributed by atoms with Gasteiger partial charge in [-0.1, -0.05) is 48.5 Å². The molecule has 0 atom stereocenters. The highest BCUT2D eigenvalue weighted by molar-refractivity contribution is 7.92. The molecule has 34 heavy (non-hydrogen) atoms. The predicted molar refractivity (Wildman–Crippen MR) is 133 cm³/mol. The zero-order valence-electron chi connectivity index (χ0n) is 19.4. The number of hydrogen-bond donors (Lipinski definition) is 1. The van der Waals surface area contributed by atoms with E-state index in [-0.39, 0.29) is 11.4 Å². The normalized spacial score (nSPS) is 11.0. The summed E-state index contributed by atoms with van der Waals surface area (Å²) in [7, 11) is -2.53. The number of carbonyl (C=O) groups excluding carboxylic acids is 1. The van der Waals surface area contributed by atoms with Crippen molar-refractivity contribution in [2.24, 2.45) is 0 Å². The number of ether oxygens (including phenoxy) is 2.